The average Bonchev–Trinajstić information content (AvgIpc) is 2.58. The molecular weight excluding hydrogens is 328 g/mol. The van der Waals surface area contributed by atoms with Crippen LogP contribution in [-0.2, 0) is 10.2 Å². The minimum absolute atomic E-state index is 0.0105. The molecule has 142 valence electrons. The van der Waals surface area contributed by atoms with Crippen LogP contribution in [0, 0.1) is 5.92 Å². The molecule has 2 aliphatic rings. The number of amides is 2. The van der Waals surface area contributed by atoms with Gasteiger partial charge in [-0.05, 0) is 36.0 Å². The number of hydrogen-bond acceptors (Lipinski definition) is 3. The number of piperazine rings is 1. The summed E-state index contributed by atoms with van der Waals surface area (Å²) in [5.41, 5.74) is 1.69. The van der Waals surface area contributed by atoms with Gasteiger partial charge in [-0.15, -0.1) is 0 Å². The molecule has 0 radical (unpaired) electrons. The zero-order valence-electron chi connectivity index (χ0n) is 16.4. The minimum Gasteiger partial charge on any atom is -0.496 e. The summed E-state index contributed by atoms with van der Waals surface area (Å²) in [4.78, 5) is 29.2. The van der Waals surface area contributed by atoms with Crippen LogP contribution < -0.4 is 4.74 Å². The van der Waals surface area contributed by atoms with E-state index in [0.717, 1.165) is 18.4 Å². The van der Waals surface area contributed by atoms with Gasteiger partial charge in [0.05, 0.1) is 12.7 Å². The largest absolute Gasteiger partial charge is 0.496 e. The number of nitrogens with zero attached hydrogens (tertiary/aromatic N) is 2. The van der Waals surface area contributed by atoms with Crippen molar-refractivity contribution in [2.75, 3.05) is 33.3 Å². The Kier molecular flexibility index (Phi) is 5.26. The van der Waals surface area contributed by atoms with Crippen molar-refractivity contribution in [1.82, 2.24) is 9.80 Å². The molecule has 0 N–H and O–H groups in total. The Bertz CT molecular complexity index is 681. The second-order valence-electron chi connectivity index (χ2n) is 8.41. The summed E-state index contributed by atoms with van der Waals surface area (Å²) in [6.45, 7) is 8.82. The van der Waals surface area contributed by atoms with Gasteiger partial charge in [0, 0.05) is 32.1 Å². The van der Waals surface area contributed by atoms with Gasteiger partial charge in [0.25, 0.3) is 5.91 Å². The third-order valence-electron chi connectivity index (χ3n) is 5.63. The van der Waals surface area contributed by atoms with Crippen molar-refractivity contribution in [3.63, 3.8) is 0 Å². The van der Waals surface area contributed by atoms with Crippen molar-refractivity contribution in [2.24, 2.45) is 5.92 Å². The first-order valence-electron chi connectivity index (χ1n) is 9.58. The molecule has 1 saturated heterocycles. The van der Waals surface area contributed by atoms with Gasteiger partial charge in [0.15, 0.2) is 0 Å². The molecular formula is C21H30N2O3. The van der Waals surface area contributed by atoms with Crippen LogP contribution in [0.1, 0.15) is 56.0 Å². The van der Waals surface area contributed by atoms with Crippen LogP contribution in [0.4, 0.5) is 0 Å². The lowest BCUT2D eigenvalue weighted by Crippen LogP contribution is -2.52. The lowest BCUT2D eigenvalue weighted by Gasteiger charge is -2.38. The van der Waals surface area contributed by atoms with Crippen LogP contribution in [0.15, 0.2) is 18.2 Å². The van der Waals surface area contributed by atoms with Gasteiger partial charge in [-0.2, -0.15) is 0 Å². The van der Waals surface area contributed by atoms with Crippen LogP contribution in [0.2, 0.25) is 0 Å². The summed E-state index contributed by atoms with van der Waals surface area (Å²) < 4.78 is 5.43. The summed E-state index contributed by atoms with van der Waals surface area (Å²) in [6.07, 6.45) is 3.21. The zero-order valence-corrected chi connectivity index (χ0v) is 16.4. The highest BCUT2D eigenvalue weighted by Crippen LogP contribution is 2.30. The van der Waals surface area contributed by atoms with Crippen LogP contribution >= 0.6 is 0 Å². The third-order valence-corrected chi connectivity index (χ3v) is 5.63. The molecule has 1 saturated carbocycles. The number of hydrogen-bond donors (Lipinski definition) is 0. The van der Waals surface area contributed by atoms with E-state index in [1.54, 1.807) is 7.11 Å². The van der Waals surface area contributed by atoms with Gasteiger partial charge in [-0.25, -0.2) is 0 Å². The first-order valence-corrected chi connectivity index (χ1v) is 9.58. The Morgan fingerprint density at radius 3 is 2.15 bits per heavy atom. The molecule has 5 heteroatoms. The number of carbonyl (C=O) groups is 2. The van der Waals surface area contributed by atoms with Gasteiger partial charge >= 0.3 is 0 Å². The zero-order chi connectivity index (χ0) is 18.9. The molecule has 26 heavy (non-hydrogen) atoms. The fourth-order valence-corrected chi connectivity index (χ4v) is 3.56. The average molecular weight is 358 g/mol. The van der Waals surface area contributed by atoms with Gasteiger partial charge in [0.2, 0.25) is 5.91 Å². The van der Waals surface area contributed by atoms with E-state index in [-0.39, 0.29) is 23.1 Å². The second kappa shape index (κ2) is 7.29. The standard InChI is InChI=1S/C21H30N2O3/c1-21(2,3)16-8-9-18(26-4)17(14-16)20(25)23-12-10-22(11-13-23)19(24)15-6-5-7-15/h8-9,14-15H,5-7,10-13H2,1-4H3. The molecule has 3 rings (SSSR count). The molecule has 0 aromatic heterocycles. The fraction of sp³-hybridized carbons (Fsp3) is 0.619. The van der Waals surface area contributed by atoms with Gasteiger partial charge in [-0.3, -0.25) is 9.59 Å². The SMILES string of the molecule is COc1ccc(C(C)(C)C)cc1C(=O)N1CCN(C(=O)C2CCC2)CC1. The third kappa shape index (κ3) is 3.71. The van der Waals surface area contributed by atoms with Crippen molar-refractivity contribution in [3.8, 4) is 5.75 Å². The molecule has 1 aliphatic heterocycles. The second-order valence-corrected chi connectivity index (χ2v) is 8.41. The number of rotatable bonds is 3. The lowest BCUT2D eigenvalue weighted by molar-refractivity contribution is -0.139. The normalized spacial score (nSPS) is 18.5. The quantitative estimate of drug-likeness (QED) is 0.834. The molecule has 1 aliphatic carbocycles. The molecule has 0 unspecified atom stereocenters. The highest BCUT2D eigenvalue weighted by molar-refractivity contribution is 5.97. The van der Waals surface area contributed by atoms with E-state index in [1.807, 2.05) is 28.0 Å². The first-order chi connectivity index (χ1) is 12.3. The predicted molar refractivity (Wildman–Crippen MR) is 102 cm³/mol. The number of benzene rings is 1. The summed E-state index contributed by atoms with van der Waals surface area (Å²) >= 11 is 0. The summed E-state index contributed by atoms with van der Waals surface area (Å²) in [6, 6.07) is 5.85. The molecule has 0 spiro atoms. The number of ether oxygens (including phenoxy) is 1. The molecule has 0 atom stereocenters. The van der Waals surface area contributed by atoms with E-state index < -0.39 is 0 Å². The van der Waals surface area contributed by atoms with E-state index in [0.29, 0.717) is 37.5 Å². The highest BCUT2D eigenvalue weighted by Gasteiger charge is 2.32. The van der Waals surface area contributed by atoms with Crippen molar-refractivity contribution in [1.29, 1.82) is 0 Å². The monoisotopic (exact) mass is 358 g/mol. The van der Waals surface area contributed by atoms with E-state index in [4.69, 9.17) is 4.74 Å². The molecule has 1 aromatic rings. The Balaban J connectivity index is 1.70. The van der Waals surface area contributed by atoms with Crippen molar-refractivity contribution in [3.05, 3.63) is 29.3 Å². The lowest BCUT2D eigenvalue weighted by atomic mass is 9.84. The van der Waals surface area contributed by atoms with E-state index in [2.05, 4.69) is 20.8 Å². The Hall–Kier alpha value is -2.04. The topological polar surface area (TPSA) is 49.9 Å². The maximum Gasteiger partial charge on any atom is 0.257 e. The molecule has 5 nitrogen and oxygen atoms in total. The van der Waals surface area contributed by atoms with Gasteiger partial charge < -0.3 is 14.5 Å². The summed E-state index contributed by atoms with van der Waals surface area (Å²) in [5.74, 6) is 1.09. The van der Waals surface area contributed by atoms with Crippen LogP contribution in [-0.4, -0.2) is 54.9 Å². The minimum atomic E-state index is -0.0325. The Labute approximate surface area is 156 Å². The molecule has 2 fully saturated rings. The molecule has 1 heterocycles. The van der Waals surface area contributed by atoms with Crippen LogP contribution in [0.3, 0.4) is 0 Å². The summed E-state index contributed by atoms with van der Waals surface area (Å²) in [5, 5.41) is 0. The fourth-order valence-electron chi connectivity index (χ4n) is 3.56. The van der Waals surface area contributed by atoms with E-state index in [9.17, 15) is 9.59 Å². The summed E-state index contributed by atoms with van der Waals surface area (Å²) in [7, 11) is 1.60. The Morgan fingerprint density at radius 1 is 1.04 bits per heavy atom. The van der Waals surface area contributed by atoms with Crippen LogP contribution in [0.25, 0.3) is 0 Å². The van der Waals surface area contributed by atoms with Gasteiger partial charge in [0.1, 0.15) is 5.75 Å². The highest BCUT2D eigenvalue weighted by atomic mass is 16.5. The molecule has 0 bridgehead atoms. The van der Waals surface area contributed by atoms with Crippen LogP contribution in [0.5, 0.6) is 5.75 Å². The van der Waals surface area contributed by atoms with Crippen molar-refractivity contribution in [2.45, 2.75) is 45.4 Å². The maximum absolute atomic E-state index is 13.1. The van der Waals surface area contributed by atoms with E-state index >= 15 is 0 Å². The maximum atomic E-state index is 13.1. The molecule has 2 amide bonds. The van der Waals surface area contributed by atoms with Crippen molar-refractivity contribution >= 4 is 11.8 Å². The number of methoxy groups -OCH3 is 1. The number of carbonyl (C=O) groups excluding carboxylic acids is 2. The van der Waals surface area contributed by atoms with Crippen molar-refractivity contribution < 1.29 is 14.3 Å². The van der Waals surface area contributed by atoms with Gasteiger partial charge in [-0.1, -0.05) is 33.3 Å². The van der Waals surface area contributed by atoms with E-state index in [1.165, 1.54) is 6.42 Å². The predicted octanol–water partition coefficient (Wildman–Crippen LogP) is 3.08. The Morgan fingerprint density at radius 2 is 1.65 bits per heavy atom. The first kappa shape index (κ1) is 18.7. The molecule has 1 aromatic carbocycles. The smallest absolute Gasteiger partial charge is 0.257 e.